The van der Waals surface area contributed by atoms with Crippen LogP contribution >= 0.6 is 0 Å². The summed E-state index contributed by atoms with van der Waals surface area (Å²) >= 11 is 0. The zero-order chi connectivity index (χ0) is 15.9. The van der Waals surface area contributed by atoms with Crippen molar-refractivity contribution < 1.29 is 19.0 Å². The lowest BCUT2D eigenvalue weighted by Crippen LogP contribution is -2.55. The van der Waals surface area contributed by atoms with Crippen molar-refractivity contribution in [1.82, 2.24) is 5.32 Å². The molecule has 1 heterocycles. The van der Waals surface area contributed by atoms with E-state index in [1.807, 2.05) is 34.6 Å². The molecule has 0 spiro atoms. The highest BCUT2D eigenvalue weighted by Crippen LogP contribution is 2.20. The lowest BCUT2D eigenvalue weighted by Gasteiger charge is -2.33. The summed E-state index contributed by atoms with van der Waals surface area (Å²) in [5, 5.41) is 3.32. The van der Waals surface area contributed by atoms with Gasteiger partial charge in [0.2, 0.25) is 0 Å². The molecule has 21 heavy (non-hydrogen) atoms. The Morgan fingerprint density at radius 2 is 2.14 bits per heavy atom. The Morgan fingerprint density at radius 3 is 2.67 bits per heavy atom. The Labute approximate surface area is 128 Å². The van der Waals surface area contributed by atoms with Crippen molar-refractivity contribution in [2.45, 2.75) is 65.1 Å². The molecule has 1 N–H and O–H groups in total. The quantitative estimate of drug-likeness (QED) is 0.661. The first-order valence-corrected chi connectivity index (χ1v) is 8.01. The van der Waals surface area contributed by atoms with Gasteiger partial charge in [-0.2, -0.15) is 0 Å². The zero-order valence-electron chi connectivity index (χ0n) is 14.1. The third-order valence-corrected chi connectivity index (χ3v) is 3.67. The fourth-order valence-corrected chi connectivity index (χ4v) is 2.78. The Bertz CT molecular complexity index is 315. The van der Waals surface area contributed by atoms with E-state index >= 15 is 0 Å². The van der Waals surface area contributed by atoms with Crippen LogP contribution in [0.3, 0.4) is 0 Å². The third-order valence-electron chi connectivity index (χ3n) is 3.67. The number of rotatable bonds is 9. The molecule has 5 heteroatoms. The molecule has 0 amide bonds. The van der Waals surface area contributed by atoms with Crippen LogP contribution in [0.15, 0.2) is 0 Å². The van der Waals surface area contributed by atoms with Crippen LogP contribution in [0.5, 0.6) is 0 Å². The van der Waals surface area contributed by atoms with Crippen LogP contribution in [0, 0.1) is 5.92 Å². The van der Waals surface area contributed by atoms with Gasteiger partial charge in [-0.1, -0.05) is 0 Å². The molecule has 3 atom stereocenters. The lowest BCUT2D eigenvalue weighted by atomic mass is 9.93. The topological polar surface area (TPSA) is 56.8 Å². The van der Waals surface area contributed by atoms with Crippen LogP contribution in [0.4, 0.5) is 0 Å². The second-order valence-electron chi connectivity index (χ2n) is 6.43. The van der Waals surface area contributed by atoms with Gasteiger partial charge in [0.05, 0.1) is 25.9 Å². The van der Waals surface area contributed by atoms with Crippen molar-refractivity contribution in [2.75, 3.05) is 26.4 Å². The van der Waals surface area contributed by atoms with Gasteiger partial charge in [0.25, 0.3) is 0 Å². The van der Waals surface area contributed by atoms with E-state index in [2.05, 4.69) is 5.32 Å². The molecule has 1 rings (SSSR count). The first-order chi connectivity index (χ1) is 9.87. The van der Waals surface area contributed by atoms with Crippen molar-refractivity contribution in [2.24, 2.45) is 5.92 Å². The molecule has 3 unspecified atom stereocenters. The number of carbonyl (C=O) groups is 1. The number of ether oxygens (including phenoxy) is 3. The molecule has 0 bridgehead atoms. The van der Waals surface area contributed by atoms with Gasteiger partial charge in [-0.3, -0.25) is 10.1 Å². The average molecular weight is 301 g/mol. The minimum absolute atomic E-state index is 0.00810. The largest absolute Gasteiger partial charge is 0.465 e. The molecule has 0 aliphatic carbocycles. The predicted octanol–water partition coefficient (Wildman–Crippen LogP) is 2.14. The zero-order valence-corrected chi connectivity index (χ0v) is 14.1. The summed E-state index contributed by atoms with van der Waals surface area (Å²) in [6.07, 6.45) is 1.65. The van der Waals surface area contributed by atoms with Gasteiger partial charge in [-0.25, -0.2) is 0 Å². The van der Waals surface area contributed by atoms with Crippen molar-refractivity contribution in [3.8, 4) is 0 Å². The monoisotopic (exact) mass is 301 g/mol. The summed E-state index contributed by atoms with van der Waals surface area (Å²) in [7, 11) is 0. The maximum absolute atomic E-state index is 12.2. The standard InChI is InChI=1S/C16H31NO4/c1-6-20-15(18)16(5,17-12(2)3)9-13(4)21-11-14-7-8-19-10-14/h12-14,17H,6-11H2,1-5H3. The van der Waals surface area contributed by atoms with E-state index in [-0.39, 0.29) is 18.1 Å². The number of hydrogen-bond donors (Lipinski definition) is 1. The summed E-state index contributed by atoms with van der Waals surface area (Å²) in [5.41, 5.74) is -0.713. The van der Waals surface area contributed by atoms with Crippen LogP contribution in [-0.2, 0) is 19.0 Å². The van der Waals surface area contributed by atoms with E-state index in [0.29, 0.717) is 25.6 Å². The van der Waals surface area contributed by atoms with E-state index in [9.17, 15) is 4.79 Å². The van der Waals surface area contributed by atoms with Gasteiger partial charge in [0.15, 0.2) is 0 Å². The molecule has 1 saturated heterocycles. The smallest absolute Gasteiger partial charge is 0.326 e. The molecule has 124 valence electrons. The second kappa shape index (κ2) is 8.71. The van der Waals surface area contributed by atoms with E-state index in [4.69, 9.17) is 14.2 Å². The highest BCUT2D eigenvalue weighted by molar-refractivity contribution is 5.80. The van der Waals surface area contributed by atoms with Crippen molar-refractivity contribution in [3.05, 3.63) is 0 Å². The van der Waals surface area contributed by atoms with Gasteiger partial charge in [-0.15, -0.1) is 0 Å². The van der Waals surface area contributed by atoms with E-state index in [1.54, 1.807) is 0 Å². The molecule has 0 aromatic rings. The average Bonchev–Trinajstić information content (AvgIpc) is 2.88. The highest BCUT2D eigenvalue weighted by atomic mass is 16.5. The molecule has 0 aromatic carbocycles. The van der Waals surface area contributed by atoms with Crippen LogP contribution < -0.4 is 5.32 Å². The van der Waals surface area contributed by atoms with Gasteiger partial charge in [0, 0.05) is 25.0 Å². The maximum Gasteiger partial charge on any atom is 0.326 e. The van der Waals surface area contributed by atoms with Gasteiger partial charge < -0.3 is 14.2 Å². The highest BCUT2D eigenvalue weighted by Gasteiger charge is 2.37. The normalized spacial score (nSPS) is 23.0. The third kappa shape index (κ3) is 6.32. The first-order valence-electron chi connectivity index (χ1n) is 8.01. The number of carbonyl (C=O) groups excluding carboxylic acids is 1. The fourth-order valence-electron chi connectivity index (χ4n) is 2.78. The molecule has 0 aromatic heterocycles. The Kier molecular flexibility index (Phi) is 7.63. The molecule has 0 saturated carbocycles. The minimum atomic E-state index is -0.713. The molecule has 1 aliphatic heterocycles. The van der Waals surface area contributed by atoms with Crippen LogP contribution in [-0.4, -0.2) is 50.1 Å². The summed E-state index contributed by atoms with van der Waals surface area (Å²) in [5.74, 6) is 0.276. The van der Waals surface area contributed by atoms with Crippen LogP contribution in [0.25, 0.3) is 0 Å². The summed E-state index contributed by atoms with van der Waals surface area (Å²) < 4.78 is 16.5. The van der Waals surface area contributed by atoms with Gasteiger partial charge in [-0.05, 0) is 41.0 Å². The van der Waals surface area contributed by atoms with Crippen molar-refractivity contribution >= 4 is 5.97 Å². The van der Waals surface area contributed by atoms with Crippen molar-refractivity contribution in [1.29, 1.82) is 0 Å². The minimum Gasteiger partial charge on any atom is -0.465 e. The lowest BCUT2D eigenvalue weighted by molar-refractivity contribution is -0.152. The number of nitrogens with one attached hydrogen (secondary N) is 1. The van der Waals surface area contributed by atoms with Crippen LogP contribution in [0.1, 0.15) is 47.5 Å². The Morgan fingerprint density at radius 1 is 1.43 bits per heavy atom. The fraction of sp³-hybridized carbons (Fsp3) is 0.938. The molecule has 0 radical (unpaired) electrons. The second-order valence-corrected chi connectivity index (χ2v) is 6.43. The summed E-state index contributed by atoms with van der Waals surface area (Å²) in [6, 6.07) is 0.204. The summed E-state index contributed by atoms with van der Waals surface area (Å²) in [4.78, 5) is 12.2. The van der Waals surface area contributed by atoms with Crippen molar-refractivity contribution in [3.63, 3.8) is 0 Å². The van der Waals surface area contributed by atoms with E-state index in [1.165, 1.54) is 0 Å². The molecular formula is C16H31NO4. The van der Waals surface area contributed by atoms with Crippen LogP contribution in [0.2, 0.25) is 0 Å². The summed E-state index contributed by atoms with van der Waals surface area (Å²) in [6.45, 7) is 12.5. The van der Waals surface area contributed by atoms with E-state index in [0.717, 1.165) is 19.6 Å². The number of esters is 1. The predicted molar refractivity (Wildman–Crippen MR) is 82.3 cm³/mol. The Hall–Kier alpha value is -0.650. The molecule has 5 nitrogen and oxygen atoms in total. The SMILES string of the molecule is CCOC(=O)C(C)(CC(C)OCC1CCOC1)NC(C)C. The van der Waals surface area contributed by atoms with E-state index < -0.39 is 5.54 Å². The van der Waals surface area contributed by atoms with Gasteiger partial charge >= 0.3 is 5.97 Å². The molecular weight excluding hydrogens is 270 g/mol. The maximum atomic E-state index is 12.2. The first kappa shape index (κ1) is 18.4. The number of hydrogen-bond acceptors (Lipinski definition) is 5. The van der Waals surface area contributed by atoms with Gasteiger partial charge in [0.1, 0.15) is 5.54 Å². The molecule has 1 fully saturated rings. The molecule has 1 aliphatic rings. The Balaban J connectivity index is 2.51.